The van der Waals surface area contributed by atoms with E-state index in [1.807, 2.05) is 31.5 Å². The molecule has 1 aromatic carbocycles. The van der Waals surface area contributed by atoms with Crippen LogP contribution in [0.5, 0.6) is 0 Å². The van der Waals surface area contributed by atoms with E-state index in [2.05, 4.69) is 15.4 Å². The highest BCUT2D eigenvalue weighted by molar-refractivity contribution is 7.89. The number of hydrogen-bond donors (Lipinski definition) is 1. The fourth-order valence-corrected chi connectivity index (χ4v) is 5.88. The first-order valence-corrected chi connectivity index (χ1v) is 12.4. The molecule has 0 aliphatic carbocycles. The van der Waals surface area contributed by atoms with E-state index in [-0.39, 0.29) is 22.9 Å². The number of aryl methyl sites for hydroxylation is 1. The summed E-state index contributed by atoms with van der Waals surface area (Å²) in [6.45, 7) is 8.29. The maximum Gasteiger partial charge on any atom is 0.256 e. The third-order valence-corrected chi connectivity index (χ3v) is 7.99. The lowest BCUT2D eigenvalue weighted by atomic mass is 10.1. The fraction of sp³-hybridized carbons (Fsp3) is 0.435. The predicted molar refractivity (Wildman–Crippen MR) is 124 cm³/mol. The van der Waals surface area contributed by atoms with Gasteiger partial charge in [0.2, 0.25) is 10.0 Å². The Morgan fingerprint density at radius 1 is 1.19 bits per heavy atom. The Morgan fingerprint density at radius 3 is 2.69 bits per heavy atom. The highest BCUT2D eigenvalue weighted by atomic mass is 32.2. The first-order chi connectivity index (χ1) is 15.2. The number of aromatic nitrogens is 3. The summed E-state index contributed by atoms with van der Waals surface area (Å²) in [4.78, 5) is 17.6. The van der Waals surface area contributed by atoms with Crippen molar-refractivity contribution in [2.24, 2.45) is 0 Å². The minimum absolute atomic E-state index is 0.0445. The van der Waals surface area contributed by atoms with Gasteiger partial charge in [-0.2, -0.15) is 9.40 Å². The molecule has 4 rings (SSSR count). The second-order valence-electron chi connectivity index (χ2n) is 8.71. The quantitative estimate of drug-likeness (QED) is 0.624. The largest absolute Gasteiger partial charge is 0.321 e. The van der Waals surface area contributed by atoms with E-state index in [0.717, 1.165) is 30.3 Å². The lowest BCUT2D eigenvalue weighted by molar-refractivity contribution is 0.102. The second kappa shape index (κ2) is 8.63. The van der Waals surface area contributed by atoms with Crippen LogP contribution in [0.25, 0.3) is 11.0 Å². The molecule has 1 atom stereocenters. The molecule has 170 valence electrons. The summed E-state index contributed by atoms with van der Waals surface area (Å²) in [5.74, 6) is -0.372. The number of benzene rings is 1. The Labute approximate surface area is 188 Å². The number of hydrogen-bond acceptors (Lipinski definition) is 5. The van der Waals surface area contributed by atoms with Gasteiger partial charge in [-0.3, -0.25) is 4.79 Å². The van der Waals surface area contributed by atoms with Crippen LogP contribution in [0.1, 0.15) is 62.0 Å². The van der Waals surface area contributed by atoms with Gasteiger partial charge in [-0.1, -0.05) is 12.5 Å². The number of rotatable bonds is 5. The second-order valence-corrected chi connectivity index (χ2v) is 10.6. The van der Waals surface area contributed by atoms with Crippen LogP contribution in [0.2, 0.25) is 0 Å². The molecule has 1 fully saturated rings. The lowest BCUT2D eigenvalue weighted by Gasteiger charge is -2.32. The highest BCUT2D eigenvalue weighted by Crippen LogP contribution is 2.27. The summed E-state index contributed by atoms with van der Waals surface area (Å²) in [5, 5.41) is 8.02. The summed E-state index contributed by atoms with van der Waals surface area (Å²) >= 11 is 0. The molecule has 3 aromatic rings. The Morgan fingerprint density at radius 2 is 1.97 bits per heavy atom. The van der Waals surface area contributed by atoms with Crippen LogP contribution >= 0.6 is 0 Å². The van der Waals surface area contributed by atoms with Gasteiger partial charge in [-0.05, 0) is 64.3 Å². The van der Waals surface area contributed by atoms with Crippen molar-refractivity contribution in [3.8, 4) is 0 Å². The predicted octanol–water partition coefficient (Wildman–Crippen LogP) is 4.14. The maximum absolute atomic E-state index is 13.2. The zero-order valence-corrected chi connectivity index (χ0v) is 19.7. The number of pyridine rings is 1. The molecule has 8 nitrogen and oxygen atoms in total. The summed E-state index contributed by atoms with van der Waals surface area (Å²) < 4.78 is 29.8. The van der Waals surface area contributed by atoms with Crippen molar-refractivity contribution in [2.45, 2.75) is 63.9 Å². The van der Waals surface area contributed by atoms with Crippen molar-refractivity contribution in [1.29, 1.82) is 0 Å². The third kappa shape index (κ3) is 4.14. The Kier molecular flexibility index (Phi) is 6.05. The molecule has 0 radical (unpaired) electrons. The number of amides is 1. The van der Waals surface area contributed by atoms with Crippen molar-refractivity contribution < 1.29 is 13.2 Å². The molecular formula is C23H29N5O3S. The van der Waals surface area contributed by atoms with Gasteiger partial charge in [0, 0.05) is 29.6 Å². The number of anilines is 1. The monoisotopic (exact) mass is 455 g/mol. The van der Waals surface area contributed by atoms with Gasteiger partial charge in [0.05, 0.1) is 23.0 Å². The Hall–Kier alpha value is -2.78. The maximum atomic E-state index is 13.2. The Balaban J connectivity index is 1.61. The van der Waals surface area contributed by atoms with Crippen molar-refractivity contribution in [3.05, 3.63) is 47.8 Å². The van der Waals surface area contributed by atoms with Gasteiger partial charge in [-0.15, -0.1) is 0 Å². The van der Waals surface area contributed by atoms with Crippen LogP contribution in [0, 0.1) is 6.92 Å². The minimum atomic E-state index is -3.66. The van der Waals surface area contributed by atoms with E-state index >= 15 is 0 Å². The molecule has 1 saturated heterocycles. The zero-order chi connectivity index (χ0) is 23.0. The number of sulfonamides is 1. The fourth-order valence-electron chi connectivity index (χ4n) is 4.16. The van der Waals surface area contributed by atoms with Crippen LogP contribution in [0.15, 0.2) is 41.6 Å². The SMILES string of the molecule is Cc1ccc(S(=O)(=O)N2CCCCC2C)cc1C(=O)Nc1cnc2c(cnn2C(C)C)c1. The van der Waals surface area contributed by atoms with Crippen LogP contribution < -0.4 is 5.32 Å². The van der Waals surface area contributed by atoms with Crippen LogP contribution in [0.4, 0.5) is 5.69 Å². The molecule has 2 aromatic heterocycles. The summed E-state index contributed by atoms with van der Waals surface area (Å²) in [7, 11) is -3.66. The van der Waals surface area contributed by atoms with Crippen LogP contribution in [0.3, 0.4) is 0 Å². The van der Waals surface area contributed by atoms with E-state index in [1.165, 1.54) is 6.07 Å². The third-order valence-electron chi connectivity index (χ3n) is 5.98. The average molecular weight is 456 g/mol. The van der Waals surface area contributed by atoms with Crippen molar-refractivity contribution in [1.82, 2.24) is 19.1 Å². The normalized spacial score (nSPS) is 17.7. The standard InChI is InChI=1S/C23H29N5O3S/c1-15(2)28-22-18(13-25-28)11-19(14-24-22)26-23(29)21-12-20(9-8-16(21)3)32(30,31)27-10-6-5-7-17(27)4/h8-9,11-15,17H,5-7,10H2,1-4H3,(H,26,29). The van der Waals surface area contributed by atoms with Gasteiger partial charge < -0.3 is 5.32 Å². The Bertz CT molecular complexity index is 1270. The van der Waals surface area contributed by atoms with Crippen molar-refractivity contribution >= 4 is 32.7 Å². The van der Waals surface area contributed by atoms with E-state index < -0.39 is 10.0 Å². The van der Waals surface area contributed by atoms with Crippen molar-refractivity contribution in [2.75, 3.05) is 11.9 Å². The molecule has 1 aliphatic rings. The first kappa shape index (κ1) is 22.4. The van der Waals surface area contributed by atoms with E-state index in [0.29, 0.717) is 23.4 Å². The van der Waals surface area contributed by atoms with Gasteiger partial charge >= 0.3 is 0 Å². The first-order valence-electron chi connectivity index (χ1n) is 11.0. The highest BCUT2D eigenvalue weighted by Gasteiger charge is 2.31. The van der Waals surface area contributed by atoms with Gasteiger partial charge in [0.1, 0.15) is 0 Å². The lowest BCUT2D eigenvalue weighted by Crippen LogP contribution is -2.42. The summed E-state index contributed by atoms with van der Waals surface area (Å²) in [5.41, 5.74) is 2.31. The number of carbonyl (C=O) groups is 1. The molecule has 3 heterocycles. The minimum Gasteiger partial charge on any atom is -0.321 e. The van der Waals surface area contributed by atoms with Gasteiger partial charge in [0.15, 0.2) is 5.65 Å². The van der Waals surface area contributed by atoms with E-state index in [1.54, 1.807) is 35.8 Å². The van der Waals surface area contributed by atoms with Crippen molar-refractivity contribution in [3.63, 3.8) is 0 Å². The van der Waals surface area contributed by atoms with E-state index in [4.69, 9.17) is 0 Å². The zero-order valence-electron chi connectivity index (χ0n) is 18.9. The molecule has 1 aliphatic heterocycles. The number of piperidine rings is 1. The molecular weight excluding hydrogens is 426 g/mol. The molecule has 32 heavy (non-hydrogen) atoms. The topological polar surface area (TPSA) is 97.2 Å². The van der Waals surface area contributed by atoms with Crippen LogP contribution in [-0.2, 0) is 10.0 Å². The van der Waals surface area contributed by atoms with Gasteiger partial charge in [0.25, 0.3) is 5.91 Å². The number of nitrogens with zero attached hydrogens (tertiary/aromatic N) is 4. The summed E-state index contributed by atoms with van der Waals surface area (Å²) in [6.07, 6.45) is 6.04. The summed E-state index contributed by atoms with van der Waals surface area (Å²) in [6, 6.07) is 6.69. The average Bonchev–Trinajstić information content (AvgIpc) is 3.17. The molecule has 0 saturated carbocycles. The van der Waals surface area contributed by atoms with Gasteiger partial charge in [-0.25, -0.2) is 18.1 Å². The number of carbonyl (C=O) groups excluding carboxylic acids is 1. The molecule has 9 heteroatoms. The number of fused-ring (bicyclic) bond motifs is 1. The smallest absolute Gasteiger partial charge is 0.256 e. The molecule has 1 N–H and O–H groups in total. The molecule has 0 bridgehead atoms. The van der Waals surface area contributed by atoms with Crippen LogP contribution in [-0.4, -0.2) is 46.0 Å². The number of nitrogens with one attached hydrogen (secondary N) is 1. The molecule has 1 unspecified atom stereocenters. The molecule has 0 spiro atoms. The molecule has 1 amide bonds. The van der Waals surface area contributed by atoms with E-state index in [9.17, 15) is 13.2 Å².